The van der Waals surface area contributed by atoms with Crippen LogP contribution in [0.1, 0.15) is 23.1 Å². The molecule has 5 nitrogen and oxygen atoms in total. The number of hydrogen-bond acceptors (Lipinski definition) is 4. The van der Waals surface area contributed by atoms with Crippen molar-refractivity contribution in [2.45, 2.75) is 25.5 Å². The molecule has 0 bridgehead atoms. The number of thioether (sulfide) groups is 1. The number of ketones is 1. The highest BCUT2D eigenvalue weighted by Crippen LogP contribution is 2.26. The van der Waals surface area contributed by atoms with Crippen molar-refractivity contribution >= 4 is 28.4 Å². The number of para-hydroxylation sites is 2. The molecule has 0 N–H and O–H groups in total. The summed E-state index contributed by atoms with van der Waals surface area (Å²) in [5.41, 5.74) is 2.86. The number of carbonyl (C=O) groups is 1. The van der Waals surface area contributed by atoms with E-state index >= 15 is 0 Å². The monoisotopic (exact) mass is 376 g/mol. The second-order valence-electron chi connectivity index (χ2n) is 6.26. The van der Waals surface area contributed by atoms with Gasteiger partial charge in [-0.2, -0.15) is 0 Å². The molecule has 4 aromatic rings. The number of Topliss-reactive ketones (excluding diaryl/α,β-unsaturated/α-hetero) is 1. The average Bonchev–Trinajstić information content (AvgIpc) is 3.27. The van der Waals surface area contributed by atoms with Gasteiger partial charge in [-0.1, -0.05) is 48.2 Å². The first-order valence-electron chi connectivity index (χ1n) is 8.90. The molecule has 0 fully saturated rings. The maximum Gasteiger partial charge on any atom is 0.196 e. The fourth-order valence-electron chi connectivity index (χ4n) is 3.25. The van der Waals surface area contributed by atoms with Crippen LogP contribution < -0.4 is 0 Å². The van der Waals surface area contributed by atoms with E-state index in [-0.39, 0.29) is 5.78 Å². The molecule has 6 heteroatoms. The minimum absolute atomic E-state index is 0.101. The van der Waals surface area contributed by atoms with Gasteiger partial charge in [-0.25, -0.2) is 0 Å². The highest BCUT2D eigenvalue weighted by molar-refractivity contribution is 7.99. The second-order valence-corrected chi connectivity index (χ2v) is 7.20. The molecular weight excluding hydrogens is 356 g/mol. The molecule has 0 aliphatic heterocycles. The Labute approximate surface area is 162 Å². The van der Waals surface area contributed by atoms with Gasteiger partial charge < -0.3 is 4.57 Å². The largest absolute Gasteiger partial charge is 0.347 e. The zero-order valence-corrected chi connectivity index (χ0v) is 16.1. The molecule has 0 saturated heterocycles. The first kappa shape index (κ1) is 17.5. The lowest BCUT2D eigenvalue weighted by atomic mass is 10.1. The minimum atomic E-state index is 0.101. The van der Waals surface area contributed by atoms with Gasteiger partial charge in [0.05, 0.1) is 5.75 Å². The number of carbonyl (C=O) groups excluding carboxylic acids is 1. The van der Waals surface area contributed by atoms with Crippen LogP contribution in [0.5, 0.6) is 0 Å². The molecule has 2 aromatic carbocycles. The molecule has 136 valence electrons. The Morgan fingerprint density at radius 1 is 1.04 bits per heavy atom. The molecule has 0 radical (unpaired) electrons. The van der Waals surface area contributed by atoms with Gasteiger partial charge in [0, 0.05) is 34.9 Å². The minimum Gasteiger partial charge on any atom is -0.347 e. The third-order valence-corrected chi connectivity index (χ3v) is 5.50. The summed E-state index contributed by atoms with van der Waals surface area (Å²) in [6.45, 7) is 4.84. The van der Waals surface area contributed by atoms with E-state index in [0.717, 1.165) is 39.7 Å². The van der Waals surface area contributed by atoms with Crippen LogP contribution >= 0.6 is 11.8 Å². The molecule has 0 saturated carbocycles. The summed E-state index contributed by atoms with van der Waals surface area (Å²) in [6, 6.07) is 18.0. The van der Waals surface area contributed by atoms with Gasteiger partial charge >= 0.3 is 0 Å². The third kappa shape index (κ3) is 3.28. The molecular formula is C21H20N4OS. The fraction of sp³-hybridized carbons (Fsp3) is 0.190. The van der Waals surface area contributed by atoms with Crippen LogP contribution in [0.2, 0.25) is 0 Å². The predicted octanol–water partition coefficient (Wildman–Crippen LogP) is 4.53. The highest BCUT2D eigenvalue weighted by atomic mass is 32.2. The van der Waals surface area contributed by atoms with Crippen LogP contribution in [0, 0.1) is 6.92 Å². The first-order valence-corrected chi connectivity index (χ1v) is 9.89. The Morgan fingerprint density at radius 2 is 1.78 bits per heavy atom. The number of fused-ring (bicyclic) bond motifs is 1. The molecule has 0 amide bonds. The molecule has 0 aliphatic rings. The van der Waals surface area contributed by atoms with E-state index in [2.05, 4.69) is 27.8 Å². The summed E-state index contributed by atoms with van der Waals surface area (Å²) in [6.07, 6.45) is 1.96. The van der Waals surface area contributed by atoms with Gasteiger partial charge in [0.25, 0.3) is 0 Å². The summed E-state index contributed by atoms with van der Waals surface area (Å²) in [7, 11) is 0. The van der Waals surface area contributed by atoms with Crippen molar-refractivity contribution in [2.24, 2.45) is 0 Å². The maximum atomic E-state index is 12.9. The summed E-state index contributed by atoms with van der Waals surface area (Å²) in [5.74, 6) is 1.23. The van der Waals surface area contributed by atoms with Crippen molar-refractivity contribution < 1.29 is 4.79 Å². The van der Waals surface area contributed by atoms with Crippen LogP contribution in [-0.2, 0) is 6.54 Å². The predicted molar refractivity (Wildman–Crippen MR) is 109 cm³/mol. The summed E-state index contributed by atoms with van der Waals surface area (Å²) >= 11 is 1.42. The number of aromatic nitrogens is 4. The van der Waals surface area contributed by atoms with Crippen LogP contribution in [0.15, 0.2) is 66.0 Å². The quantitative estimate of drug-likeness (QED) is 0.367. The van der Waals surface area contributed by atoms with Gasteiger partial charge in [0.15, 0.2) is 10.9 Å². The van der Waals surface area contributed by atoms with E-state index in [4.69, 9.17) is 0 Å². The third-order valence-electron chi connectivity index (χ3n) is 4.57. The van der Waals surface area contributed by atoms with Crippen molar-refractivity contribution in [3.8, 4) is 5.69 Å². The Balaban J connectivity index is 1.60. The number of nitrogens with zero attached hydrogens (tertiary/aromatic N) is 4. The summed E-state index contributed by atoms with van der Waals surface area (Å²) in [5, 5.41) is 10.2. The lowest BCUT2D eigenvalue weighted by Gasteiger charge is -2.07. The lowest BCUT2D eigenvalue weighted by Crippen LogP contribution is -2.04. The number of aryl methyl sites for hydroxylation is 2. The van der Waals surface area contributed by atoms with E-state index in [1.54, 1.807) is 0 Å². The molecule has 0 spiro atoms. The molecule has 2 aromatic heterocycles. The normalized spacial score (nSPS) is 11.2. The number of hydrogen-bond donors (Lipinski definition) is 0. The van der Waals surface area contributed by atoms with Crippen molar-refractivity contribution in [1.29, 1.82) is 0 Å². The number of rotatable bonds is 6. The van der Waals surface area contributed by atoms with Gasteiger partial charge in [-0.3, -0.25) is 9.36 Å². The lowest BCUT2D eigenvalue weighted by molar-refractivity contribution is 0.102. The van der Waals surface area contributed by atoms with Gasteiger partial charge in [0.2, 0.25) is 0 Å². The fourth-order valence-corrected chi connectivity index (χ4v) is 4.13. The average molecular weight is 376 g/mol. The molecule has 0 aliphatic carbocycles. The van der Waals surface area contributed by atoms with Crippen LogP contribution in [-0.4, -0.2) is 30.9 Å². The van der Waals surface area contributed by atoms with E-state index in [1.807, 2.05) is 66.2 Å². The summed E-state index contributed by atoms with van der Waals surface area (Å²) < 4.78 is 4.09. The van der Waals surface area contributed by atoms with E-state index in [1.165, 1.54) is 11.8 Å². The molecule has 0 unspecified atom stereocenters. The van der Waals surface area contributed by atoms with Gasteiger partial charge in [0.1, 0.15) is 5.82 Å². The molecule has 2 heterocycles. The Hall–Kier alpha value is -2.86. The Morgan fingerprint density at radius 3 is 2.56 bits per heavy atom. The second kappa shape index (κ2) is 7.40. The Kier molecular flexibility index (Phi) is 4.81. The standard InChI is InChI=1S/C21H20N4OS/c1-3-24-13-18(17-11-7-8-12-19(17)24)20(26)14-27-21-23-22-15(2)25(21)16-9-5-4-6-10-16/h4-13H,3,14H2,1-2H3. The first-order chi connectivity index (χ1) is 13.2. The molecule has 4 rings (SSSR count). The van der Waals surface area contributed by atoms with E-state index < -0.39 is 0 Å². The summed E-state index contributed by atoms with van der Waals surface area (Å²) in [4.78, 5) is 12.9. The molecule has 0 atom stereocenters. The van der Waals surface area contributed by atoms with E-state index in [0.29, 0.717) is 5.75 Å². The van der Waals surface area contributed by atoms with Crippen LogP contribution in [0.3, 0.4) is 0 Å². The maximum absolute atomic E-state index is 12.9. The topological polar surface area (TPSA) is 52.7 Å². The Bertz CT molecular complexity index is 1100. The molecule has 27 heavy (non-hydrogen) atoms. The zero-order valence-electron chi connectivity index (χ0n) is 15.3. The highest BCUT2D eigenvalue weighted by Gasteiger charge is 2.17. The van der Waals surface area contributed by atoms with E-state index in [9.17, 15) is 4.79 Å². The van der Waals surface area contributed by atoms with Crippen LogP contribution in [0.4, 0.5) is 0 Å². The van der Waals surface area contributed by atoms with Gasteiger partial charge in [-0.05, 0) is 32.0 Å². The SMILES string of the molecule is CCn1cc(C(=O)CSc2nnc(C)n2-c2ccccc2)c2ccccc21. The van der Waals surface area contributed by atoms with Crippen molar-refractivity contribution in [2.75, 3.05) is 5.75 Å². The van der Waals surface area contributed by atoms with Crippen LogP contribution in [0.25, 0.3) is 16.6 Å². The van der Waals surface area contributed by atoms with Crippen molar-refractivity contribution in [1.82, 2.24) is 19.3 Å². The zero-order chi connectivity index (χ0) is 18.8. The van der Waals surface area contributed by atoms with Crippen molar-refractivity contribution in [3.63, 3.8) is 0 Å². The van der Waals surface area contributed by atoms with Gasteiger partial charge in [-0.15, -0.1) is 10.2 Å². The van der Waals surface area contributed by atoms with Crippen molar-refractivity contribution in [3.05, 3.63) is 72.2 Å². The smallest absolute Gasteiger partial charge is 0.196 e. The number of benzene rings is 2.